The fourth-order valence-electron chi connectivity index (χ4n) is 2.63. The molecule has 2 aromatic carbocycles. The van der Waals surface area contributed by atoms with E-state index in [2.05, 4.69) is 19.1 Å². The van der Waals surface area contributed by atoms with Crippen LogP contribution >= 0.6 is 0 Å². The third kappa shape index (κ3) is 3.71. The highest BCUT2D eigenvalue weighted by Crippen LogP contribution is 2.32. The van der Waals surface area contributed by atoms with Gasteiger partial charge in [0.1, 0.15) is 0 Å². The summed E-state index contributed by atoms with van der Waals surface area (Å²) in [5.74, 6) is 0.137. The highest BCUT2D eigenvalue weighted by atomic mass is 32.2. The van der Waals surface area contributed by atoms with Crippen molar-refractivity contribution in [2.45, 2.75) is 37.5 Å². The first kappa shape index (κ1) is 15.7. The van der Waals surface area contributed by atoms with E-state index in [0.717, 1.165) is 29.5 Å². The van der Waals surface area contributed by atoms with Gasteiger partial charge in [-0.2, -0.15) is 8.42 Å². The molecule has 112 valence electrons. The lowest BCUT2D eigenvalue weighted by Crippen LogP contribution is -2.06. The van der Waals surface area contributed by atoms with Crippen LogP contribution in [0.15, 0.2) is 53.4 Å². The lowest BCUT2D eigenvalue weighted by molar-refractivity contribution is 0.483. The van der Waals surface area contributed by atoms with Crippen LogP contribution in [0.2, 0.25) is 0 Å². The van der Waals surface area contributed by atoms with E-state index >= 15 is 0 Å². The molecule has 0 fully saturated rings. The summed E-state index contributed by atoms with van der Waals surface area (Å²) >= 11 is 0. The molecule has 0 heterocycles. The van der Waals surface area contributed by atoms with Gasteiger partial charge in [-0.3, -0.25) is 4.55 Å². The second kappa shape index (κ2) is 6.41. The molecule has 0 aliphatic rings. The minimum Gasteiger partial charge on any atom is -0.282 e. The van der Waals surface area contributed by atoms with Crippen molar-refractivity contribution in [2.24, 2.45) is 0 Å². The minimum atomic E-state index is -4.17. The lowest BCUT2D eigenvalue weighted by atomic mass is 9.85. The Labute approximate surface area is 126 Å². The largest absolute Gasteiger partial charge is 0.294 e. The Kier molecular flexibility index (Phi) is 4.80. The van der Waals surface area contributed by atoms with Crippen LogP contribution in [0.4, 0.5) is 0 Å². The van der Waals surface area contributed by atoms with Crippen LogP contribution in [0.1, 0.15) is 42.4 Å². The Balaban J connectivity index is 2.55. The van der Waals surface area contributed by atoms with Crippen molar-refractivity contribution >= 4 is 10.1 Å². The molecule has 1 N–H and O–H groups in total. The Morgan fingerprint density at radius 2 is 1.76 bits per heavy atom. The molecule has 2 aromatic rings. The van der Waals surface area contributed by atoms with Crippen molar-refractivity contribution in [3.8, 4) is 0 Å². The second-order valence-electron chi connectivity index (χ2n) is 5.25. The molecule has 21 heavy (non-hydrogen) atoms. The van der Waals surface area contributed by atoms with Crippen molar-refractivity contribution in [1.29, 1.82) is 0 Å². The molecule has 2 rings (SSSR count). The topological polar surface area (TPSA) is 54.4 Å². The highest BCUT2D eigenvalue weighted by Gasteiger charge is 2.18. The van der Waals surface area contributed by atoms with Crippen LogP contribution in [0, 0.1) is 6.92 Å². The highest BCUT2D eigenvalue weighted by molar-refractivity contribution is 7.85. The first-order chi connectivity index (χ1) is 9.93. The van der Waals surface area contributed by atoms with Gasteiger partial charge in [0.05, 0.1) is 4.90 Å². The summed E-state index contributed by atoms with van der Waals surface area (Å²) in [6, 6.07) is 14.8. The molecule has 0 aromatic heterocycles. The van der Waals surface area contributed by atoms with Gasteiger partial charge in [-0.25, -0.2) is 0 Å². The van der Waals surface area contributed by atoms with Gasteiger partial charge >= 0.3 is 0 Å². The van der Waals surface area contributed by atoms with Crippen molar-refractivity contribution in [3.63, 3.8) is 0 Å². The summed E-state index contributed by atoms with van der Waals surface area (Å²) in [5, 5.41) is 0. The Hall–Kier alpha value is -1.65. The van der Waals surface area contributed by atoms with Gasteiger partial charge in [-0.05, 0) is 42.2 Å². The number of hydrogen-bond donors (Lipinski definition) is 1. The zero-order valence-electron chi connectivity index (χ0n) is 12.3. The minimum absolute atomic E-state index is 0.0415. The Morgan fingerprint density at radius 3 is 2.33 bits per heavy atom. The Morgan fingerprint density at radius 1 is 1.10 bits per heavy atom. The summed E-state index contributed by atoms with van der Waals surface area (Å²) in [6.07, 6.45) is 1.93. The summed E-state index contributed by atoms with van der Waals surface area (Å²) in [7, 11) is -4.17. The third-order valence-electron chi connectivity index (χ3n) is 3.70. The molecule has 0 bridgehead atoms. The molecule has 1 unspecified atom stereocenters. The van der Waals surface area contributed by atoms with Crippen LogP contribution < -0.4 is 0 Å². The second-order valence-corrected chi connectivity index (χ2v) is 6.67. The van der Waals surface area contributed by atoms with Gasteiger partial charge in [0.25, 0.3) is 10.1 Å². The molecule has 1 atom stereocenters. The van der Waals surface area contributed by atoms with Gasteiger partial charge in [0.2, 0.25) is 0 Å². The van der Waals surface area contributed by atoms with Crippen LogP contribution in [-0.2, 0) is 10.1 Å². The van der Waals surface area contributed by atoms with Gasteiger partial charge < -0.3 is 0 Å². The van der Waals surface area contributed by atoms with Crippen LogP contribution in [0.3, 0.4) is 0 Å². The van der Waals surface area contributed by atoms with Crippen molar-refractivity contribution in [3.05, 3.63) is 65.2 Å². The van der Waals surface area contributed by atoms with E-state index < -0.39 is 10.1 Å². The molecule has 0 spiro atoms. The monoisotopic (exact) mass is 304 g/mol. The maximum absolute atomic E-state index is 11.4. The molecular weight excluding hydrogens is 284 g/mol. The average Bonchev–Trinajstić information content (AvgIpc) is 2.45. The van der Waals surface area contributed by atoms with Crippen molar-refractivity contribution in [2.75, 3.05) is 0 Å². The van der Waals surface area contributed by atoms with E-state index in [-0.39, 0.29) is 10.8 Å². The van der Waals surface area contributed by atoms with Gasteiger partial charge in [0.15, 0.2) is 0 Å². The van der Waals surface area contributed by atoms with Crippen molar-refractivity contribution < 1.29 is 13.0 Å². The summed E-state index contributed by atoms with van der Waals surface area (Å²) in [5.41, 5.74) is 3.15. The van der Waals surface area contributed by atoms with E-state index in [4.69, 9.17) is 0 Å². The maximum atomic E-state index is 11.4. The van der Waals surface area contributed by atoms with Crippen LogP contribution in [0.5, 0.6) is 0 Å². The zero-order chi connectivity index (χ0) is 15.5. The summed E-state index contributed by atoms with van der Waals surface area (Å²) in [6.45, 7) is 4.08. The van der Waals surface area contributed by atoms with Crippen molar-refractivity contribution in [1.82, 2.24) is 0 Å². The van der Waals surface area contributed by atoms with E-state index in [9.17, 15) is 13.0 Å². The number of aryl methyl sites for hydroxylation is 1. The SMILES string of the molecule is CCCC(c1ccccc1)c1cc(S(=O)(=O)O)ccc1C. The molecule has 0 saturated carbocycles. The normalized spacial score (nSPS) is 13.1. The first-order valence-electron chi connectivity index (χ1n) is 7.06. The molecule has 4 heteroatoms. The Bertz CT molecular complexity index is 706. The zero-order valence-corrected chi connectivity index (χ0v) is 13.1. The third-order valence-corrected chi connectivity index (χ3v) is 4.55. The fraction of sp³-hybridized carbons (Fsp3) is 0.294. The smallest absolute Gasteiger partial charge is 0.282 e. The molecule has 0 amide bonds. The molecule has 0 aliphatic carbocycles. The molecule has 0 aliphatic heterocycles. The molecule has 0 radical (unpaired) electrons. The molecule has 0 saturated heterocycles. The van der Waals surface area contributed by atoms with E-state index in [1.54, 1.807) is 12.1 Å². The average molecular weight is 304 g/mol. The van der Waals surface area contributed by atoms with Crippen LogP contribution in [-0.4, -0.2) is 13.0 Å². The van der Waals surface area contributed by atoms with Gasteiger partial charge in [-0.15, -0.1) is 0 Å². The van der Waals surface area contributed by atoms with Gasteiger partial charge in [0, 0.05) is 5.92 Å². The summed E-state index contributed by atoms with van der Waals surface area (Å²) in [4.78, 5) is -0.0415. The van der Waals surface area contributed by atoms with E-state index in [1.807, 2.05) is 25.1 Å². The molecular formula is C17H20O3S. The number of rotatable bonds is 5. The van der Waals surface area contributed by atoms with E-state index in [0.29, 0.717) is 0 Å². The van der Waals surface area contributed by atoms with Crippen LogP contribution in [0.25, 0.3) is 0 Å². The fourth-order valence-corrected chi connectivity index (χ4v) is 3.15. The maximum Gasteiger partial charge on any atom is 0.294 e. The number of benzene rings is 2. The predicted octanol–water partition coefficient (Wildman–Crippen LogP) is 4.17. The lowest BCUT2D eigenvalue weighted by Gasteiger charge is -2.20. The molecule has 3 nitrogen and oxygen atoms in total. The van der Waals surface area contributed by atoms with Gasteiger partial charge in [-0.1, -0.05) is 49.7 Å². The number of hydrogen-bond acceptors (Lipinski definition) is 2. The first-order valence-corrected chi connectivity index (χ1v) is 8.50. The predicted molar refractivity (Wildman–Crippen MR) is 84.2 cm³/mol. The standard InChI is InChI=1S/C17H20O3S/c1-3-7-16(14-8-5-4-6-9-14)17-12-15(21(18,19)20)11-10-13(17)2/h4-6,8-12,16H,3,7H2,1-2H3,(H,18,19,20). The quantitative estimate of drug-likeness (QED) is 0.843. The summed E-state index contributed by atoms with van der Waals surface area (Å²) < 4.78 is 32.0. The van der Waals surface area contributed by atoms with E-state index in [1.165, 1.54) is 6.07 Å².